The van der Waals surface area contributed by atoms with Crippen molar-refractivity contribution in [3.63, 3.8) is 0 Å². The number of ether oxygens (including phenoxy) is 2. The zero-order chi connectivity index (χ0) is 35.8. The summed E-state index contributed by atoms with van der Waals surface area (Å²) < 4.78 is 13.8. The fourth-order valence-corrected chi connectivity index (χ4v) is 6.46. The van der Waals surface area contributed by atoms with Gasteiger partial charge >= 0.3 is 0 Å². The number of aromatic nitrogens is 2. The first-order chi connectivity index (χ1) is 23.7. The number of nitrogens with one attached hydrogen (secondary N) is 1. The molecule has 0 atom stereocenters. The summed E-state index contributed by atoms with van der Waals surface area (Å²) in [5.41, 5.74) is 14.2. The maximum atomic E-state index is 12.3. The number of nitrogens with zero attached hydrogens (tertiary/aromatic N) is 2. The summed E-state index contributed by atoms with van der Waals surface area (Å²) in [5.74, 6) is 0.935. The van der Waals surface area contributed by atoms with Crippen molar-refractivity contribution >= 4 is 43.5 Å². The molecule has 0 unspecified atom stereocenters. The van der Waals surface area contributed by atoms with Gasteiger partial charge in [-0.05, 0) is 84.3 Å². The van der Waals surface area contributed by atoms with Crippen LogP contribution in [0.4, 0.5) is 5.69 Å². The van der Waals surface area contributed by atoms with Crippen LogP contribution in [0.15, 0.2) is 106 Å². The zero-order valence-electron chi connectivity index (χ0n) is 29.3. The Hall–Kier alpha value is -3.60. The number of carbonyl (C=O) groups excluding carboxylic acids is 1. The Kier molecular flexibility index (Phi) is 16.9. The molecule has 260 valence electrons. The van der Waals surface area contributed by atoms with E-state index in [0.717, 1.165) is 62.8 Å². The lowest BCUT2D eigenvalue weighted by atomic mass is 10.0. The molecule has 0 aliphatic heterocycles. The quantitative estimate of drug-likeness (QED) is 0.130. The van der Waals surface area contributed by atoms with Gasteiger partial charge in [0.05, 0.1) is 5.69 Å². The van der Waals surface area contributed by atoms with E-state index in [0.29, 0.717) is 12.1 Å². The van der Waals surface area contributed by atoms with Gasteiger partial charge < -0.3 is 20.5 Å². The van der Waals surface area contributed by atoms with Crippen LogP contribution in [-0.4, -0.2) is 42.5 Å². The van der Waals surface area contributed by atoms with Gasteiger partial charge in [-0.15, -0.1) is 0 Å². The second-order valence-corrected chi connectivity index (χ2v) is 12.9. The van der Waals surface area contributed by atoms with E-state index in [4.69, 9.17) is 15.2 Å². The average Bonchev–Trinajstić information content (AvgIpc) is 3.63. The highest BCUT2D eigenvalue weighted by Crippen LogP contribution is 2.30. The Labute approximate surface area is 308 Å². The lowest BCUT2D eigenvalue weighted by Crippen LogP contribution is -2.23. The largest absolute Gasteiger partial charge is 0.355 e. The lowest BCUT2D eigenvalue weighted by molar-refractivity contribution is -0.0940. The van der Waals surface area contributed by atoms with Gasteiger partial charge in [-0.1, -0.05) is 108 Å². The van der Waals surface area contributed by atoms with E-state index < -0.39 is 0 Å². The number of aryl methyl sites for hydroxylation is 4. The molecule has 4 aromatic carbocycles. The van der Waals surface area contributed by atoms with Crippen molar-refractivity contribution in [1.82, 2.24) is 9.55 Å². The Morgan fingerprint density at radius 1 is 0.776 bits per heavy atom. The van der Waals surface area contributed by atoms with Gasteiger partial charge in [-0.3, -0.25) is 9.36 Å². The topological polar surface area (TPSA) is 91.4 Å². The zero-order valence-corrected chi connectivity index (χ0v) is 32.5. The second-order valence-electron chi connectivity index (χ2n) is 11.0. The maximum Gasteiger partial charge on any atom is 0.255 e. The molecule has 0 saturated carbocycles. The molecule has 5 rings (SSSR count). The van der Waals surface area contributed by atoms with E-state index in [9.17, 15) is 4.79 Å². The normalized spacial score (nSPS) is 10.6. The highest BCUT2D eigenvalue weighted by molar-refractivity contribution is 9.10. The van der Waals surface area contributed by atoms with Crippen LogP contribution in [-0.2, 0) is 35.2 Å². The highest BCUT2D eigenvalue weighted by Gasteiger charge is 2.15. The number of benzene rings is 4. The molecule has 9 heteroatoms. The fraction of sp³-hybridized carbons (Fsp3) is 0.300. The molecule has 7 nitrogen and oxygen atoms in total. The molecule has 49 heavy (non-hydrogen) atoms. The molecule has 1 amide bonds. The van der Waals surface area contributed by atoms with Crippen molar-refractivity contribution in [2.45, 2.75) is 59.7 Å². The molecule has 0 radical (unpaired) electrons. The van der Waals surface area contributed by atoms with Crippen molar-refractivity contribution in [2.75, 3.05) is 26.1 Å². The number of carbonyl (C=O) groups is 1. The van der Waals surface area contributed by atoms with E-state index in [2.05, 4.69) is 129 Å². The minimum atomic E-state index is -0.236. The summed E-state index contributed by atoms with van der Waals surface area (Å²) in [6.45, 7) is 9.00. The number of methoxy groups -OCH3 is 2. The maximum absolute atomic E-state index is 12.3. The molecule has 0 aliphatic rings. The van der Waals surface area contributed by atoms with Crippen LogP contribution in [0.3, 0.4) is 0 Å². The summed E-state index contributed by atoms with van der Waals surface area (Å²) in [7, 11) is 3.11. The van der Waals surface area contributed by atoms with Crippen LogP contribution in [0.5, 0.6) is 0 Å². The number of hydrogen-bond acceptors (Lipinski definition) is 5. The van der Waals surface area contributed by atoms with Crippen molar-refractivity contribution in [2.24, 2.45) is 5.73 Å². The molecular weight excluding hydrogens is 744 g/mol. The third-order valence-corrected chi connectivity index (χ3v) is 8.84. The average molecular weight is 793 g/mol. The first-order valence-corrected chi connectivity index (χ1v) is 18.2. The monoisotopic (exact) mass is 790 g/mol. The van der Waals surface area contributed by atoms with Gasteiger partial charge in [-0.25, -0.2) is 4.98 Å². The van der Waals surface area contributed by atoms with Gasteiger partial charge in [0.25, 0.3) is 5.91 Å². The summed E-state index contributed by atoms with van der Waals surface area (Å²) in [5, 5.41) is 3.06. The third kappa shape index (κ3) is 11.2. The van der Waals surface area contributed by atoms with Crippen LogP contribution in [0.1, 0.15) is 60.3 Å². The molecule has 0 aliphatic carbocycles. The van der Waals surface area contributed by atoms with Crippen LogP contribution in [0.2, 0.25) is 0 Å². The minimum Gasteiger partial charge on any atom is -0.355 e. The first-order valence-electron chi connectivity index (χ1n) is 16.6. The molecule has 3 N–H and O–H groups in total. The number of anilines is 1. The lowest BCUT2D eigenvalue weighted by Gasteiger charge is -2.17. The molecular formula is C40H48Br2N4O3. The van der Waals surface area contributed by atoms with Crippen LogP contribution in [0.25, 0.3) is 17.1 Å². The summed E-state index contributed by atoms with van der Waals surface area (Å²) in [6.07, 6.45) is 7.46. The molecule has 1 heterocycles. The minimum absolute atomic E-state index is 0.0580. The van der Waals surface area contributed by atoms with E-state index >= 15 is 0 Å². The Bertz CT molecular complexity index is 1680. The molecule has 0 bridgehead atoms. The number of hydrogen-bond donors (Lipinski definition) is 2. The fourth-order valence-electron chi connectivity index (χ4n) is 5.36. The van der Waals surface area contributed by atoms with Crippen LogP contribution < -0.4 is 11.1 Å². The molecule has 1 aromatic heterocycles. The van der Waals surface area contributed by atoms with E-state index in [1.54, 1.807) is 14.2 Å². The number of rotatable bonds is 11. The van der Waals surface area contributed by atoms with Gasteiger partial charge in [0.2, 0.25) is 0 Å². The number of imidazole rings is 1. The summed E-state index contributed by atoms with van der Waals surface area (Å²) in [4.78, 5) is 16.9. The predicted octanol–water partition coefficient (Wildman–Crippen LogP) is 9.82. The third-order valence-electron chi connectivity index (χ3n) is 7.93. The molecule has 0 fully saturated rings. The van der Waals surface area contributed by atoms with Crippen LogP contribution in [0, 0.1) is 0 Å². The first kappa shape index (κ1) is 39.8. The van der Waals surface area contributed by atoms with Crippen molar-refractivity contribution in [3.8, 4) is 17.1 Å². The Morgan fingerprint density at radius 2 is 1.24 bits per heavy atom. The Balaban J connectivity index is 0.000000224. The summed E-state index contributed by atoms with van der Waals surface area (Å²) >= 11 is 7.16. The number of nitrogens with two attached hydrogens (primary N) is 1. The van der Waals surface area contributed by atoms with Gasteiger partial charge in [0.1, 0.15) is 5.82 Å². The molecule has 0 saturated heterocycles. The Morgan fingerprint density at radius 3 is 1.67 bits per heavy atom. The molecule has 5 aromatic rings. The van der Waals surface area contributed by atoms with Crippen molar-refractivity contribution in [3.05, 3.63) is 134 Å². The van der Waals surface area contributed by atoms with E-state index in [-0.39, 0.29) is 12.2 Å². The highest BCUT2D eigenvalue weighted by atomic mass is 79.9. The number of amides is 1. The van der Waals surface area contributed by atoms with Crippen LogP contribution >= 0.6 is 31.9 Å². The van der Waals surface area contributed by atoms with Gasteiger partial charge in [0.15, 0.2) is 6.29 Å². The number of halogens is 2. The predicted molar refractivity (Wildman–Crippen MR) is 210 cm³/mol. The SMILES string of the molecule is CCc1cc(Br)cc(CC)c1-n1ccnc1-c1ccccc1.CCc1cc(Br)cc(CC)c1NC(=O)c1ccccc1.COC(CN)OC. The molecule has 0 spiro atoms. The van der Waals surface area contributed by atoms with E-state index in [1.807, 2.05) is 42.6 Å². The smallest absolute Gasteiger partial charge is 0.255 e. The summed E-state index contributed by atoms with van der Waals surface area (Å²) in [6, 6.07) is 28.2. The van der Waals surface area contributed by atoms with E-state index in [1.165, 1.54) is 16.8 Å². The van der Waals surface area contributed by atoms with Crippen molar-refractivity contribution in [1.29, 1.82) is 0 Å². The van der Waals surface area contributed by atoms with Crippen molar-refractivity contribution < 1.29 is 14.3 Å². The van der Waals surface area contributed by atoms with Gasteiger partial charge in [-0.2, -0.15) is 0 Å². The van der Waals surface area contributed by atoms with Gasteiger partial charge in [0, 0.05) is 58.9 Å². The standard InChI is InChI=1S/C19H19BrN2.C17H18BrNO.C4H11NO2/c1-3-14-12-17(20)13-15(4-2)18(14)22-11-10-21-19(22)16-8-6-5-7-9-16;1-3-12-10-15(18)11-13(4-2)16(12)19-17(20)14-8-6-5-7-9-14;1-6-4(3-5)7-2/h5-13H,3-4H2,1-2H3;5-11H,3-4H2,1-2H3,(H,19,20);4H,3,5H2,1-2H3. The second kappa shape index (κ2) is 20.8.